The molecule has 0 radical (unpaired) electrons. The highest BCUT2D eigenvalue weighted by Crippen LogP contribution is 2.33. The van der Waals surface area contributed by atoms with E-state index in [1.807, 2.05) is 42.5 Å². The Balaban J connectivity index is 1.91. The molecule has 1 aromatic heterocycles. The number of para-hydroxylation sites is 1. The summed E-state index contributed by atoms with van der Waals surface area (Å²) in [6, 6.07) is 13.6. The van der Waals surface area contributed by atoms with Crippen molar-refractivity contribution in [2.24, 2.45) is 4.99 Å². The van der Waals surface area contributed by atoms with Gasteiger partial charge in [0.1, 0.15) is 6.54 Å². The molecule has 1 aliphatic rings. The van der Waals surface area contributed by atoms with Gasteiger partial charge in [0.25, 0.3) is 0 Å². The fraction of sp³-hybridized carbons (Fsp3) is 0.286. The molecular formula is C21H21Cl2N5. The average molecular weight is 414 g/mol. The van der Waals surface area contributed by atoms with Crippen LogP contribution < -0.4 is 0 Å². The zero-order chi connectivity index (χ0) is 19.7. The lowest BCUT2D eigenvalue weighted by Crippen LogP contribution is -2.24. The Morgan fingerprint density at radius 3 is 2.39 bits per heavy atom. The van der Waals surface area contributed by atoms with Crippen LogP contribution in [0.2, 0.25) is 10.0 Å². The molecule has 2 aromatic carbocycles. The van der Waals surface area contributed by atoms with E-state index in [1.54, 1.807) is 0 Å². The molecule has 0 N–H and O–H groups in total. The van der Waals surface area contributed by atoms with Crippen molar-refractivity contribution in [1.82, 2.24) is 19.7 Å². The predicted molar refractivity (Wildman–Crippen MR) is 114 cm³/mol. The van der Waals surface area contributed by atoms with Crippen LogP contribution in [-0.2, 0) is 13.1 Å². The van der Waals surface area contributed by atoms with Crippen molar-refractivity contribution in [2.75, 3.05) is 13.1 Å². The van der Waals surface area contributed by atoms with Gasteiger partial charge in [0.05, 0.1) is 23.0 Å². The normalized spacial score (nSPS) is 13.1. The molecule has 0 saturated carbocycles. The summed E-state index contributed by atoms with van der Waals surface area (Å²) in [6.45, 7) is 7.28. The van der Waals surface area contributed by atoms with Gasteiger partial charge in [-0.05, 0) is 25.2 Å². The standard InChI is InChI=1S/C21H21Cl2N5/c1-3-27(4-2)13-19-26-25-18-12-24-20(14-8-5-6-10-16(14)22)15-9-7-11-17(23)21(15)28(18)19/h5-11H,3-4,12-13H2,1-2H3. The van der Waals surface area contributed by atoms with Gasteiger partial charge in [-0.15, -0.1) is 10.2 Å². The van der Waals surface area contributed by atoms with E-state index in [1.165, 1.54) is 0 Å². The van der Waals surface area contributed by atoms with E-state index in [0.717, 1.165) is 47.3 Å². The second-order valence-electron chi connectivity index (χ2n) is 6.61. The number of rotatable bonds is 5. The quantitative estimate of drug-likeness (QED) is 0.605. The summed E-state index contributed by atoms with van der Waals surface area (Å²) >= 11 is 13.2. The number of hydrogen-bond donors (Lipinski definition) is 0. The van der Waals surface area contributed by atoms with E-state index < -0.39 is 0 Å². The van der Waals surface area contributed by atoms with Crippen LogP contribution in [0, 0.1) is 0 Å². The molecule has 4 rings (SSSR count). The zero-order valence-electron chi connectivity index (χ0n) is 15.9. The fourth-order valence-electron chi connectivity index (χ4n) is 3.52. The first-order valence-electron chi connectivity index (χ1n) is 9.38. The van der Waals surface area contributed by atoms with Crippen molar-refractivity contribution in [1.29, 1.82) is 0 Å². The van der Waals surface area contributed by atoms with Gasteiger partial charge in [-0.2, -0.15) is 0 Å². The lowest BCUT2D eigenvalue weighted by atomic mass is 10.0. The van der Waals surface area contributed by atoms with Crippen molar-refractivity contribution >= 4 is 28.9 Å². The Kier molecular flexibility index (Phi) is 5.49. The Labute approximate surface area is 174 Å². The summed E-state index contributed by atoms with van der Waals surface area (Å²) in [5.74, 6) is 1.64. The molecule has 0 bridgehead atoms. The largest absolute Gasteiger partial charge is 0.296 e. The highest BCUT2D eigenvalue weighted by molar-refractivity contribution is 6.37. The molecule has 0 aliphatic carbocycles. The summed E-state index contributed by atoms with van der Waals surface area (Å²) in [5, 5.41) is 10.2. The van der Waals surface area contributed by atoms with E-state index in [0.29, 0.717) is 23.1 Å². The van der Waals surface area contributed by atoms with Crippen molar-refractivity contribution in [2.45, 2.75) is 26.9 Å². The molecule has 2 heterocycles. The Morgan fingerprint density at radius 2 is 1.64 bits per heavy atom. The molecular weight excluding hydrogens is 393 g/mol. The maximum atomic E-state index is 6.69. The summed E-state index contributed by atoms with van der Waals surface area (Å²) in [7, 11) is 0. The number of aliphatic imine (C=N–C) groups is 1. The second kappa shape index (κ2) is 8.03. The number of benzene rings is 2. The number of aromatic nitrogens is 3. The lowest BCUT2D eigenvalue weighted by Gasteiger charge is -2.20. The summed E-state index contributed by atoms with van der Waals surface area (Å²) in [6.07, 6.45) is 0. The van der Waals surface area contributed by atoms with Crippen molar-refractivity contribution in [3.05, 3.63) is 75.3 Å². The number of halogens is 2. The van der Waals surface area contributed by atoms with Gasteiger partial charge in [-0.25, -0.2) is 0 Å². The van der Waals surface area contributed by atoms with Gasteiger partial charge >= 0.3 is 0 Å². The summed E-state index contributed by atoms with van der Waals surface area (Å²) < 4.78 is 2.06. The van der Waals surface area contributed by atoms with Gasteiger partial charge in [0.15, 0.2) is 11.6 Å². The molecule has 0 spiro atoms. The molecule has 0 unspecified atom stereocenters. The fourth-order valence-corrected chi connectivity index (χ4v) is 4.00. The van der Waals surface area contributed by atoms with E-state index in [4.69, 9.17) is 28.2 Å². The third-order valence-corrected chi connectivity index (χ3v) is 5.66. The van der Waals surface area contributed by atoms with Gasteiger partial charge in [0.2, 0.25) is 0 Å². The number of fused-ring (bicyclic) bond motifs is 3. The molecule has 0 amide bonds. The lowest BCUT2D eigenvalue weighted by molar-refractivity contribution is 0.286. The van der Waals surface area contributed by atoms with Gasteiger partial charge in [-0.1, -0.05) is 67.4 Å². The Bertz CT molecular complexity index is 1040. The van der Waals surface area contributed by atoms with Crippen LogP contribution in [0.1, 0.15) is 36.6 Å². The molecule has 0 fully saturated rings. The van der Waals surface area contributed by atoms with Gasteiger partial charge < -0.3 is 0 Å². The number of nitrogens with zero attached hydrogens (tertiary/aromatic N) is 5. The highest BCUT2D eigenvalue weighted by Gasteiger charge is 2.26. The van der Waals surface area contributed by atoms with E-state index in [2.05, 4.69) is 33.5 Å². The second-order valence-corrected chi connectivity index (χ2v) is 7.42. The highest BCUT2D eigenvalue weighted by atomic mass is 35.5. The minimum atomic E-state index is 0.414. The van der Waals surface area contributed by atoms with E-state index >= 15 is 0 Å². The topological polar surface area (TPSA) is 46.3 Å². The molecule has 5 nitrogen and oxygen atoms in total. The Morgan fingerprint density at radius 1 is 0.929 bits per heavy atom. The third kappa shape index (κ3) is 3.34. The molecule has 7 heteroatoms. The first-order chi connectivity index (χ1) is 13.6. The Hall–Kier alpha value is -2.21. The van der Waals surface area contributed by atoms with Crippen LogP contribution in [0.15, 0.2) is 47.5 Å². The molecule has 0 saturated heterocycles. The van der Waals surface area contributed by atoms with Gasteiger partial charge in [-0.3, -0.25) is 14.5 Å². The van der Waals surface area contributed by atoms with Crippen LogP contribution in [0.5, 0.6) is 0 Å². The van der Waals surface area contributed by atoms with E-state index in [9.17, 15) is 0 Å². The van der Waals surface area contributed by atoms with Crippen molar-refractivity contribution < 1.29 is 0 Å². The molecule has 0 atom stereocenters. The smallest absolute Gasteiger partial charge is 0.159 e. The first kappa shape index (κ1) is 19.1. The third-order valence-electron chi connectivity index (χ3n) is 5.03. The van der Waals surface area contributed by atoms with Crippen LogP contribution in [0.25, 0.3) is 5.69 Å². The van der Waals surface area contributed by atoms with Crippen LogP contribution in [0.4, 0.5) is 0 Å². The molecule has 144 valence electrons. The number of hydrogen-bond acceptors (Lipinski definition) is 4. The summed E-state index contributed by atoms with van der Waals surface area (Å²) in [5.41, 5.74) is 3.50. The van der Waals surface area contributed by atoms with Crippen LogP contribution >= 0.6 is 23.2 Å². The van der Waals surface area contributed by atoms with Crippen molar-refractivity contribution in [3.63, 3.8) is 0 Å². The minimum absolute atomic E-state index is 0.414. The van der Waals surface area contributed by atoms with Crippen LogP contribution in [0.3, 0.4) is 0 Å². The van der Waals surface area contributed by atoms with E-state index in [-0.39, 0.29) is 0 Å². The first-order valence-corrected chi connectivity index (χ1v) is 10.1. The maximum absolute atomic E-state index is 6.69. The molecule has 28 heavy (non-hydrogen) atoms. The average Bonchev–Trinajstić information content (AvgIpc) is 3.01. The summed E-state index contributed by atoms with van der Waals surface area (Å²) in [4.78, 5) is 7.15. The minimum Gasteiger partial charge on any atom is -0.296 e. The molecule has 3 aromatic rings. The van der Waals surface area contributed by atoms with Crippen molar-refractivity contribution in [3.8, 4) is 5.69 Å². The predicted octanol–water partition coefficient (Wildman–Crippen LogP) is 4.77. The van der Waals surface area contributed by atoms with Gasteiger partial charge in [0, 0.05) is 16.1 Å². The van der Waals surface area contributed by atoms with Crippen LogP contribution in [-0.4, -0.2) is 38.5 Å². The maximum Gasteiger partial charge on any atom is 0.159 e. The zero-order valence-corrected chi connectivity index (χ0v) is 17.4. The molecule has 1 aliphatic heterocycles. The monoisotopic (exact) mass is 413 g/mol. The SMILES string of the molecule is CCN(CC)Cc1nnc2n1-c1c(Cl)cccc1C(c1ccccc1Cl)=NC2.